The summed E-state index contributed by atoms with van der Waals surface area (Å²) in [6.45, 7) is 6.24. The van der Waals surface area contributed by atoms with Gasteiger partial charge in [0.25, 0.3) is 0 Å². The van der Waals surface area contributed by atoms with Crippen LogP contribution in [-0.4, -0.2) is 48.5 Å². The molecule has 3 heteroatoms. The van der Waals surface area contributed by atoms with Crippen molar-refractivity contribution in [1.29, 1.82) is 0 Å². The van der Waals surface area contributed by atoms with Crippen LogP contribution in [0.5, 0.6) is 0 Å². The maximum absolute atomic E-state index is 9.75. The van der Waals surface area contributed by atoms with Gasteiger partial charge in [-0.15, -0.1) is 0 Å². The molecular formula is C11H21NO2. The van der Waals surface area contributed by atoms with Crippen molar-refractivity contribution < 1.29 is 9.84 Å². The maximum atomic E-state index is 9.75. The van der Waals surface area contributed by atoms with Crippen molar-refractivity contribution in [2.45, 2.75) is 38.3 Å². The third-order valence-electron chi connectivity index (χ3n) is 3.59. The standard InChI is InChI=1S/C11H21NO2/c1-9-11(13)3-2-5-12(9)7-10-4-6-14-8-10/h9-11,13H,2-8H2,1H3. The molecule has 3 unspecified atom stereocenters. The molecular weight excluding hydrogens is 178 g/mol. The third kappa shape index (κ3) is 2.27. The third-order valence-corrected chi connectivity index (χ3v) is 3.59. The average Bonchev–Trinajstić information content (AvgIpc) is 2.66. The van der Waals surface area contributed by atoms with Gasteiger partial charge in [-0.25, -0.2) is 0 Å². The molecule has 0 aromatic rings. The fourth-order valence-electron chi connectivity index (χ4n) is 2.51. The Morgan fingerprint density at radius 1 is 1.43 bits per heavy atom. The number of aliphatic hydroxyl groups excluding tert-OH is 1. The van der Waals surface area contributed by atoms with Crippen LogP contribution in [0.25, 0.3) is 0 Å². The van der Waals surface area contributed by atoms with E-state index in [0.29, 0.717) is 12.0 Å². The lowest BCUT2D eigenvalue weighted by molar-refractivity contribution is 0.0113. The van der Waals surface area contributed by atoms with Crippen LogP contribution >= 0.6 is 0 Å². The molecule has 2 aliphatic heterocycles. The predicted molar refractivity (Wildman–Crippen MR) is 55.2 cm³/mol. The Labute approximate surface area is 86.0 Å². The molecule has 82 valence electrons. The van der Waals surface area contributed by atoms with Crippen LogP contribution in [0, 0.1) is 5.92 Å². The molecule has 2 heterocycles. The summed E-state index contributed by atoms with van der Waals surface area (Å²) in [4.78, 5) is 2.42. The van der Waals surface area contributed by atoms with Crippen molar-refractivity contribution in [3.63, 3.8) is 0 Å². The molecule has 3 nitrogen and oxygen atoms in total. The van der Waals surface area contributed by atoms with Gasteiger partial charge in [-0.1, -0.05) is 0 Å². The molecule has 2 aliphatic rings. The number of hydrogen-bond donors (Lipinski definition) is 1. The molecule has 14 heavy (non-hydrogen) atoms. The van der Waals surface area contributed by atoms with Gasteiger partial charge in [0.2, 0.25) is 0 Å². The van der Waals surface area contributed by atoms with E-state index in [1.807, 2.05) is 0 Å². The van der Waals surface area contributed by atoms with E-state index in [9.17, 15) is 5.11 Å². The first-order valence-electron chi connectivity index (χ1n) is 5.77. The molecule has 2 fully saturated rings. The van der Waals surface area contributed by atoms with Crippen molar-refractivity contribution in [1.82, 2.24) is 4.90 Å². The normalized spacial score (nSPS) is 40.3. The van der Waals surface area contributed by atoms with E-state index in [1.165, 1.54) is 6.42 Å². The first-order valence-corrected chi connectivity index (χ1v) is 5.77. The zero-order valence-corrected chi connectivity index (χ0v) is 8.98. The van der Waals surface area contributed by atoms with E-state index in [-0.39, 0.29) is 6.10 Å². The SMILES string of the molecule is CC1C(O)CCCN1CC1CCOC1. The number of ether oxygens (including phenoxy) is 1. The minimum atomic E-state index is -0.119. The zero-order chi connectivity index (χ0) is 9.97. The van der Waals surface area contributed by atoms with Crippen LogP contribution < -0.4 is 0 Å². The predicted octanol–water partition coefficient (Wildman–Crippen LogP) is 0.868. The number of rotatable bonds is 2. The average molecular weight is 199 g/mol. The molecule has 0 aromatic carbocycles. The van der Waals surface area contributed by atoms with E-state index in [0.717, 1.165) is 39.1 Å². The van der Waals surface area contributed by atoms with Crippen molar-refractivity contribution in [2.75, 3.05) is 26.3 Å². The molecule has 0 saturated carbocycles. The molecule has 0 aliphatic carbocycles. The van der Waals surface area contributed by atoms with Crippen LogP contribution in [0.4, 0.5) is 0 Å². The minimum absolute atomic E-state index is 0.119. The molecule has 0 amide bonds. The summed E-state index contributed by atoms with van der Waals surface area (Å²) < 4.78 is 5.37. The molecule has 0 spiro atoms. The second-order valence-electron chi connectivity index (χ2n) is 4.67. The number of aliphatic hydroxyl groups is 1. The quantitative estimate of drug-likeness (QED) is 0.716. The Hall–Kier alpha value is -0.120. The van der Waals surface area contributed by atoms with Crippen LogP contribution in [0.3, 0.4) is 0 Å². The van der Waals surface area contributed by atoms with E-state index in [2.05, 4.69) is 11.8 Å². The fourth-order valence-corrected chi connectivity index (χ4v) is 2.51. The summed E-state index contributed by atoms with van der Waals surface area (Å²) in [5.74, 6) is 0.697. The lowest BCUT2D eigenvalue weighted by atomic mass is 9.98. The van der Waals surface area contributed by atoms with Crippen molar-refractivity contribution in [3.05, 3.63) is 0 Å². The van der Waals surface area contributed by atoms with E-state index in [4.69, 9.17) is 4.74 Å². The molecule has 0 aromatic heterocycles. The van der Waals surface area contributed by atoms with Gasteiger partial charge < -0.3 is 9.84 Å². The van der Waals surface area contributed by atoms with Crippen molar-refractivity contribution in [3.8, 4) is 0 Å². The van der Waals surface area contributed by atoms with Crippen LogP contribution in [-0.2, 0) is 4.74 Å². The zero-order valence-electron chi connectivity index (χ0n) is 8.98. The highest BCUT2D eigenvalue weighted by molar-refractivity contribution is 4.82. The number of nitrogens with zero attached hydrogens (tertiary/aromatic N) is 1. The second kappa shape index (κ2) is 4.60. The number of likely N-dealkylation sites (tertiary alicyclic amines) is 1. The van der Waals surface area contributed by atoms with Gasteiger partial charge in [0.05, 0.1) is 12.7 Å². The molecule has 2 saturated heterocycles. The smallest absolute Gasteiger partial charge is 0.0693 e. The molecule has 0 radical (unpaired) electrons. The first kappa shape index (κ1) is 10.4. The number of hydrogen-bond acceptors (Lipinski definition) is 3. The lowest BCUT2D eigenvalue weighted by Gasteiger charge is -2.38. The van der Waals surface area contributed by atoms with Crippen LogP contribution in [0.1, 0.15) is 26.2 Å². The van der Waals surface area contributed by atoms with Gasteiger partial charge in [0, 0.05) is 19.2 Å². The van der Waals surface area contributed by atoms with E-state index >= 15 is 0 Å². The largest absolute Gasteiger partial charge is 0.392 e. The Balaban J connectivity index is 1.83. The summed E-state index contributed by atoms with van der Waals surface area (Å²) in [5, 5.41) is 9.75. The van der Waals surface area contributed by atoms with Gasteiger partial charge >= 0.3 is 0 Å². The van der Waals surface area contributed by atoms with Crippen molar-refractivity contribution in [2.24, 2.45) is 5.92 Å². The highest BCUT2D eigenvalue weighted by atomic mass is 16.5. The van der Waals surface area contributed by atoms with Gasteiger partial charge in [-0.3, -0.25) is 4.90 Å². The Bertz CT molecular complexity index is 180. The highest BCUT2D eigenvalue weighted by Crippen LogP contribution is 2.21. The van der Waals surface area contributed by atoms with Crippen molar-refractivity contribution >= 4 is 0 Å². The monoisotopic (exact) mass is 199 g/mol. The highest BCUT2D eigenvalue weighted by Gasteiger charge is 2.28. The number of piperidine rings is 1. The summed E-state index contributed by atoms with van der Waals surface area (Å²) in [7, 11) is 0. The summed E-state index contributed by atoms with van der Waals surface area (Å²) >= 11 is 0. The second-order valence-corrected chi connectivity index (χ2v) is 4.67. The van der Waals surface area contributed by atoms with Gasteiger partial charge in [-0.05, 0) is 38.6 Å². The fraction of sp³-hybridized carbons (Fsp3) is 1.00. The first-order chi connectivity index (χ1) is 6.77. The molecule has 3 atom stereocenters. The maximum Gasteiger partial charge on any atom is 0.0693 e. The molecule has 1 N–H and O–H groups in total. The molecule has 2 rings (SSSR count). The topological polar surface area (TPSA) is 32.7 Å². The summed E-state index contributed by atoms with van der Waals surface area (Å²) in [5.41, 5.74) is 0. The van der Waals surface area contributed by atoms with Gasteiger partial charge in [0.1, 0.15) is 0 Å². The Morgan fingerprint density at radius 2 is 2.29 bits per heavy atom. The summed E-state index contributed by atoms with van der Waals surface area (Å²) in [6.07, 6.45) is 3.18. The Kier molecular flexibility index (Phi) is 3.42. The van der Waals surface area contributed by atoms with Crippen LogP contribution in [0.15, 0.2) is 0 Å². The van der Waals surface area contributed by atoms with Gasteiger partial charge in [-0.2, -0.15) is 0 Å². The Morgan fingerprint density at radius 3 is 3.00 bits per heavy atom. The molecule has 0 bridgehead atoms. The minimum Gasteiger partial charge on any atom is -0.392 e. The van der Waals surface area contributed by atoms with Crippen LogP contribution in [0.2, 0.25) is 0 Å². The summed E-state index contributed by atoms with van der Waals surface area (Å²) in [6, 6.07) is 0.337. The van der Waals surface area contributed by atoms with E-state index in [1.54, 1.807) is 0 Å². The van der Waals surface area contributed by atoms with Gasteiger partial charge in [0.15, 0.2) is 0 Å². The van der Waals surface area contributed by atoms with E-state index < -0.39 is 0 Å². The lowest BCUT2D eigenvalue weighted by Crippen LogP contribution is -2.48.